The molecule has 0 saturated heterocycles. The van der Waals surface area contributed by atoms with Crippen LogP contribution >= 0.6 is 0 Å². The van der Waals surface area contributed by atoms with Crippen LogP contribution in [0.4, 0.5) is 0 Å². The summed E-state index contributed by atoms with van der Waals surface area (Å²) in [5, 5.41) is 17.0. The van der Waals surface area contributed by atoms with E-state index in [9.17, 15) is 9.59 Å². The second-order valence-corrected chi connectivity index (χ2v) is 5.31. The SMILES string of the molecule is C1=CCC/C=C\CC1.CCC(=O)C=C(C)O.CCC(=O)C=C(C)O.[CH3-].[CH3-].[Ru+2]. The van der Waals surface area contributed by atoms with E-state index in [0.717, 1.165) is 0 Å². The number of ketones is 2. The van der Waals surface area contributed by atoms with Crippen molar-refractivity contribution >= 4 is 11.6 Å². The molecule has 0 radical (unpaired) electrons. The Morgan fingerprint density at radius 1 is 0.741 bits per heavy atom. The Labute approximate surface area is 179 Å². The van der Waals surface area contributed by atoms with Crippen LogP contribution in [0.1, 0.15) is 66.2 Å². The summed E-state index contributed by atoms with van der Waals surface area (Å²) in [6.07, 6.45) is 17.4. The van der Waals surface area contributed by atoms with Crippen molar-refractivity contribution in [3.05, 3.63) is 62.8 Å². The third-order valence-corrected chi connectivity index (χ3v) is 2.77. The zero-order chi connectivity index (χ0) is 18.8. The fourth-order valence-corrected chi connectivity index (χ4v) is 1.53. The number of allylic oxidation sites excluding steroid dienone is 8. The Hall–Kier alpha value is -1.48. The summed E-state index contributed by atoms with van der Waals surface area (Å²) in [6, 6.07) is 0. The van der Waals surface area contributed by atoms with Gasteiger partial charge in [0.15, 0.2) is 11.6 Å². The smallest absolute Gasteiger partial charge is 0.512 e. The standard InChI is InChI=1S/C8H12.2C6H10O2.2CH3.Ru/c1-2-4-6-8-7-5-3-1;2*1-3-6(8)4-5(2)7;;;/h1-2,7-8H,3-6H2;2*4,7H,3H2,1-2H3;2*1H3;/q;;;2*-1;+2/b2-1-,8-7?;;;;;. The van der Waals surface area contributed by atoms with Crippen molar-refractivity contribution in [3.8, 4) is 0 Å². The minimum absolute atomic E-state index is 0. The molecular formula is C22H38O4Ru. The van der Waals surface area contributed by atoms with E-state index >= 15 is 0 Å². The Bertz CT molecular complexity index is 411. The molecule has 27 heavy (non-hydrogen) atoms. The van der Waals surface area contributed by atoms with Gasteiger partial charge in [0.25, 0.3) is 0 Å². The average molecular weight is 468 g/mol. The van der Waals surface area contributed by atoms with Gasteiger partial charge in [-0.05, 0) is 39.5 Å². The number of rotatable bonds is 4. The minimum Gasteiger partial charge on any atom is -0.512 e. The van der Waals surface area contributed by atoms with Gasteiger partial charge in [0.2, 0.25) is 0 Å². The van der Waals surface area contributed by atoms with E-state index in [1.165, 1.54) is 51.7 Å². The summed E-state index contributed by atoms with van der Waals surface area (Å²) in [4.78, 5) is 20.8. The normalized spacial score (nSPS) is 13.9. The molecule has 5 heteroatoms. The second kappa shape index (κ2) is 26.7. The Morgan fingerprint density at radius 3 is 1.07 bits per heavy atom. The molecule has 0 aliphatic heterocycles. The molecule has 0 atom stereocenters. The quantitative estimate of drug-likeness (QED) is 0.164. The summed E-state index contributed by atoms with van der Waals surface area (Å²) in [6.45, 7) is 6.46. The van der Waals surface area contributed by atoms with Gasteiger partial charge >= 0.3 is 19.5 Å². The fourth-order valence-electron chi connectivity index (χ4n) is 1.53. The molecule has 158 valence electrons. The molecule has 0 aromatic carbocycles. The van der Waals surface area contributed by atoms with Gasteiger partial charge in [0, 0.05) is 25.0 Å². The van der Waals surface area contributed by atoms with Crippen molar-refractivity contribution in [2.45, 2.75) is 66.2 Å². The molecule has 1 rings (SSSR count). The van der Waals surface area contributed by atoms with Crippen LogP contribution in [0, 0.1) is 14.9 Å². The summed E-state index contributed by atoms with van der Waals surface area (Å²) in [7, 11) is 0. The number of hydrogen-bond donors (Lipinski definition) is 2. The van der Waals surface area contributed by atoms with Crippen LogP contribution in [0.3, 0.4) is 0 Å². The first-order chi connectivity index (χ1) is 11.3. The van der Waals surface area contributed by atoms with Gasteiger partial charge in [0.1, 0.15) is 0 Å². The maximum atomic E-state index is 10.4. The molecule has 0 amide bonds. The summed E-state index contributed by atoms with van der Waals surface area (Å²) in [5.74, 6) is 0.0868. The molecular weight excluding hydrogens is 429 g/mol. The molecule has 0 unspecified atom stereocenters. The zero-order valence-corrected chi connectivity index (χ0v) is 19.5. The van der Waals surface area contributed by atoms with Crippen LogP contribution in [-0.4, -0.2) is 21.8 Å². The largest absolute Gasteiger partial charge is 2.00 e. The average Bonchev–Trinajstić information content (AvgIpc) is 2.46. The molecule has 0 fully saturated rings. The van der Waals surface area contributed by atoms with E-state index in [0.29, 0.717) is 12.8 Å². The van der Waals surface area contributed by atoms with Gasteiger partial charge in [-0.25, -0.2) is 0 Å². The van der Waals surface area contributed by atoms with Crippen LogP contribution in [0.5, 0.6) is 0 Å². The summed E-state index contributed by atoms with van der Waals surface area (Å²) >= 11 is 0. The monoisotopic (exact) mass is 468 g/mol. The van der Waals surface area contributed by atoms with Crippen molar-refractivity contribution in [1.82, 2.24) is 0 Å². The number of carbonyl (C=O) groups is 2. The van der Waals surface area contributed by atoms with E-state index in [2.05, 4.69) is 24.3 Å². The van der Waals surface area contributed by atoms with Crippen molar-refractivity contribution in [3.63, 3.8) is 0 Å². The fraction of sp³-hybridized carbons (Fsp3) is 0.455. The summed E-state index contributed by atoms with van der Waals surface area (Å²) in [5.41, 5.74) is 0. The third-order valence-electron chi connectivity index (χ3n) is 2.77. The summed E-state index contributed by atoms with van der Waals surface area (Å²) < 4.78 is 0. The molecule has 1 aliphatic rings. The number of hydrogen-bond acceptors (Lipinski definition) is 4. The number of aliphatic hydroxyl groups is 2. The van der Waals surface area contributed by atoms with Crippen LogP contribution < -0.4 is 0 Å². The zero-order valence-electron chi connectivity index (χ0n) is 17.8. The first-order valence-electron chi connectivity index (χ1n) is 8.43. The van der Waals surface area contributed by atoms with E-state index in [4.69, 9.17) is 10.2 Å². The van der Waals surface area contributed by atoms with Gasteiger partial charge in [-0.1, -0.05) is 38.2 Å². The van der Waals surface area contributed by atoms with Crippen LogP contribution in [0.25, 0.3) is 0 Å². The molecule has 0 aromatic rings. The van der Waals surface area contributed by atoms with Crippen molar-refractivity contribution in [1.29, 1.82) is 0 Å². The number of carbonyl (C=O) groups excluding carboxylic acids is 2. The first kappa shape index (κ1) is 36.4. The first-order valence-corrected chi connectivity index (χ1v) is 8.43. The molecule has 0 spiro atoms. The Morgan fingerprint density at radius 2 is 0.963 bits per heavy atom. The van der Waals surface area contributed by atoms with E-state index in [1.807, 2.05) is 0 Å². The molecule has 1 aliphatic carbocycles. The van der Waals surface area contributed by atoms with Gasteiger partial charge in [-0.3, -0.25) is 9.59 Å². The second-order valence-electron chi connectivity index (χ2n) is 5.31. The van der Waals surface area contributed by atoms with E-state index < -0.39 is 0 Å². The van der Waals surface area contributed by atoms with Crippen molar-refractivity contribution < 1.29 is 39.3 Å². The van der Waals surface area contributed by atoms with Gasteiger partial charge < -0.3 is 25.1 Å². The van der Waals surface area contributed by atoms with Crippen LogP contribution in [0.15, 0.2) is 48.0 Å². The minimum atomic E-state index is -0.0370. The van der Waals surface area contributed by atoms with Gasteiger partial charge in [-0.2, -0.15) is 0 Å². The molecule has 0 saturated carbocycles. The predicted octanol–water partition coefficient (Wildman–Crippen LogP) is 6.43. The molecule has 4 nitrogen and oxygen atoms in total. The van der Waals surface area contributed by atoms with Crippen molar-refractivity contribution in [2.24, 2.45) is 0 Å². The molecule has 2 N–H and O–H groups in total. The predicted molar refractivity (Wildman–Crippen MR) is 113 cm³/mol. The van der Waals surface area contributed by atoms with E-state index in [1.54, 1.807) is 13.8 Å². The van der Waals surface area contributed by atoms with Crippen LogP contribution in [0.2, 0.25) is 0 Å². The maximum Gasteiger partial charge on any atom is 2.00 e. The Balaban J connectivity index is -0.0000000849. The van der Waals surface area contributed by atoms with Gasteiger partial charge in [-0.15, -0.1) is 0 Å². The van der Waals surface area contributed by atoms with Crippen LogP contribution in [-0.2, 0) is 29.1 Å². The third kappa shape index (κ3) is 36.3. The topological polar surface area (TPSA) is 74.6 Å². The molecule has 0 heterocycles. The molecule has 0 bridgehead atoms. The number of aliphatic hydroxyl groups excluding tert-OH is 2. The maximum absolute atomic E-state index is 10.4. The molecule has 0 aromatic heterocycles. The van der Waals surface area contributed by atoms with Crippen molar-refractivity contribution in [2.75, 3.05) is 0 Å². The van der Waals surface area contributed by atoms with Gasteiger partial charge in [0.05, 0.1) is 11.5 Å². The van der Waals surface area contributed by atoms with E-state index in [-0.39, 0.29) is 57.4 Å². The Kier molecular flexibility index (Phi) is 36.1.